The van der Waals surface area contributed by atoms with Crippen LogP contribution in [0.15, 0.2) is 18.2 Å². The SMILES string of the molecule is COc1ccc(O)c(CNC(CO)CC(C)(C)C)c1. The smallest absolute Gasteiger partial charge is 0.120 e. The summed E-state index contributed by atoms with van der Waals surface area (Å²) in [7, 11) is 1.60. The molecule has 0 saturated carbocycles. The number of benzene rings is 1. The van der Waals surface area contributed by atoms with E-state index in [0.29, 0.717) is 12.3 Å². The first-order valence-corrected chi connectivity index (χ1v) is 6.56. The molecule has 108 valence electrons. The van der Waals surface area contributed by atoms with Gasteiger partial charge in [-0.1, -0.05) is 20.8 Å². The van der Waals surface area contributed by atoms with Crippen molar-refractivity contribution in [2.75, 3.05) is 13.7 Å². The average molecular weight is 267 g/mol. The van der Waals surface area contributed by atoms with Crippen LogP contribution in [-0.2, 0) is 6.54 Å². The number of phenolic OH excluding ortho intramolecular Hbond substituents is 1. The number of ether oxygens (including phenoxy) is 1. The Labute approximate surface area is 115 Å². The highest BCUT2D eigenvalue weighted by molar-refractivity contribution is 5.39. The molecule has 0 spiro atoms. The molecule has 0 saturated heterocycles. The molecule has 1 aromatic carbocycles. The van der Waals surface area contributed by atoms with Crippen LogP contribution in [0.5, 0.6) is 11.5 Å². The Bertz CT molecular complexity index is 399. The van der Waals surface area contributed by atoms with Crippen LogP contribution in [-0.4, -0.2) is 30.0 Å². The topological polar surface area (TPSA) is 61.7 Å². The van der Waals surface area contributed by atoms with Crippen molar-refractivity contribution in [1.29, 1.82) is 0 Å². The van der Waals surface area contributed by atoms with Crippen LogP contribution >= 0.6 is 0 Å². The zero-order valence-corrected chi connectivity index (χ0v) is 12.2. The van der Waals surface area contributed by atoms with E-state index in [1.807, 2.05) is 0 Å². The van der Waals surface area contributed by atoms with Gasteiger partial charge in [-0.05, 0) is 30.0 Å². The minimum Gasteiger partial charge on any atom is -0.508 e. The Hall–Kier alpha value is -1.26. The van der Waals surface area contributed by atoms with Gasteiger partial charge in [0.25, 0.3) is 0 Å². The molecule has 19 heavy (non-hydrogen) atoms. The minimum atomic E-state index is 0.0191. The number of hydrogen-bond acceptors (Lipinski definition) is 4. The van der Waals surface area contributed by atoms with Crippen LogP contribution in [0.25, 0.3) is 0 Å². The van der Waals surface area contributed by atoms with Crippen LogP contribution in [0.3, 0.4) is 0 Å². The molecule has 1 rings (SSSR count). The van der Waals surface area contributed by atoms with E-state index in [1.54, 1.807) is 25.3 Å². The predicted octanol–water partition coefficient (Wildman–Crippen LogP) is 2.29. The third kappa shape index (κ3) is 5.49. The molecule has 1 aromatic rings. The van der Waals surface area contributed by atoms with E-state index in [1.165, 1.54) is 0 Å². The molecule has 4 heteroatoms. The van der Waals surface area contributed by atoms with Crippen molar-refractivity contribution >= 4 is 0 Å². The van der Waals surface area contributed by atoms with Gasteiger partial charge in [0, 0.05) is 18.2 Å². The second-order valence-corrected chi connectivity index (χ2v) is 6.02. The third-order valence-corrected chi connectivity index (χ3v) is 2.95. The van der Waals surface area contributed by atoms with E-state index in [9.17, 15) is 10.2 Å². The van der Waals surface area contributed by atoms with Gasteiger partial charge in [-0.15, -0.1) is 0 Å². The van der Waals surface area contributed by atoms with E-state index in [-0.39, 0.29) is 23.8 Å². The van der Waals surface area contributed by atoms with Gasteiger partial charge >= 0.3 is 0 Å². The molecule has 1 atom stereocenters. The summed E-state index contributed by atoms with van der Waals surface area (Å²) in [6, 6.07) is 5.16. The monoisotopic (exact) mass is 267 g/mol. The highest BCUT2D eigenvalue weighted by Gasteiger charge is 2.18. The predicted molar refractivity (Wildman–Crippen MR) is 76.4 cm³/mol. The summed E-state index contributed by atoms with van der Waals surface area (Å²) in [5, 5.41) is 22.4. The Morgan fingerprint density at radius 2 is 2.00 bits per heavy atom. The van der Waals surface area contributed by atoms with Crippen LogP contribution in [0.2, 0.25) is 0 Å². The third-order valence-electron chi connectivity index (χ3n) is 2.95. The molecule has 0 fully saturated rings. The average Bonchev–Trinajstić information content (AvgIpc) is 2.34. The lowest BCUT2D eigenvalue weighted by Crippen LogP contribution is -2.35. The fraction of sp³-hybridized carbons (Fsp3) is 0.600. The lowest BCUT2D eigenvalue weighted by Gasteiger charge is -2.25. The van der Waals surface area contributed by atoms with Gasteiger partial charge in [-0.2, -0.15) is 0 Å². The Balaban J connectivity index is 2.64. The van der Waals surface area contributed by atoms with Gasteiger partial charge in [0.05, 0.1) is 13.7 Å². The molecule has 0 heterocycles. The molecule has 0 aliphatic rings. The second kappa shape index (κ2) is 6.78. The zero-order chi connectivity index (χ0) is 14.5. The van der Waals surface area contributed by atoms with Crippen LogP contribution in [0.4, 0.5) is 0 Å². The molecule has 0 amide bonds. The Morgan fingerprint density at radius 1 is 1.32 bits per heavy atom. The molecule has 0 aliphatic heterocycles. The summed E-state index contributed by atoms with van der Waals surface area (Å²) in [6.45, 7) is 7.01. The largest absolute Gasteiger partial charge is 0.508 e. The quantitative estimate of drug-likeness (QED) is 0.740. The minimum absolute atomic E-state index is 0.0191. The first kappa shape index (κ1) is 15.8. The first-order valence-electron chi connectivity index (χ1n) is 6.56. The number of rotatable bonds is 6. The van der Waals surface area contributed by atoms with Crippen molar-refractivity contribution in [3.63, 3.8) is 0 Å². The lowest BCUT2D eigenvalue weighted by atomic mass is 9.88. The first-order chi connectivity index (χ1) is 8.85. The van der Waals surface area contributed by atoms with Crippen LogP contribution in [0.1, 0.15) is 32.8 Å². The molecule has 0 aliphatic carbocycles. The molecule has 4 nitrogen and oxygen atoms in total. The van der Waals surface area contributed by atoms with E-state index >= 15 is 0 Å². The fourth-order valence-corrected chi connectivity index (χ4v) is 2.03. The number of nitrogens with one attached hydrogen (secondary N) is 1. The maximum absolute atomic E-state index is 9.79. The molecule has 0 bridgehead atoms. The molecule has 3 N–H and O–H groups in total. The fourth-order valence-electron chi connectivity index (χ4n) is 2.03. The normalized spacial score (nSPS) is 13.3. The number of phenols is 1. The summed E-state index contributed by atoms with van der Waals surface area (Å²) in [5.74, 6) is 0.951. The summed E-state index contributed by atoms with van der Waals surface area (Å²) in [4.78, 5) is 0. The van der Waals surface area contributed by atoms with Gasteiger partial charge in [-0.3, -0.25) is 0 Å². The molecule has 1 unspecified atom stereocenters. The lowest BCUT2D eigenvalue weighted by molar-refractivity contribution is 0.197. The summed E-state index contributed by atoms with van der Waals surface area (Å²) >= 11 is 0. The highest BCUT2D eigenvalue weighted by atomic mass is 16.5. The maximum atomic E-state index is 9.79. The van der Waals surface area contributed by atoms with Crippen LogP contribution in [0, 0.1) is 5.41 Å². The van der Waals surface area contributed by atoms with Gasteiger partial charge in [0.15, 0.2) is 0 Å². The van der Waals surface area contributed by atoms with Crippen molar-refractivity contribution < 1.29 is 14.9 Å². The van der Waals surface area contributed by atoms with Crippen molar-refractivity contribution in [1.82, 2.24) is 5.32 Å². The van der Waals surface area contributed by atoms with Crippen molar-refractivity contribution in [2.45, 2.75) is 39.8 Å². The Morgan fingerprint density at radius 3 is 2.53 bits per heavy atom. The molecular weight excluding hydrogens is 242 g/mol. The van der Waals surface area contributed by atoms with Gasteiger partial charge in [-0.25, -0.2) is 0 Å². The van der Waals surface area contributed by atoms with Gasteiger partial charge in [0.2, 0.25) is 0 Å². The standard InChI is InChI=1S/C15H25NO3/c1-15(2,3)8-12(10-17)16-9-11-7-13(19-4)5-6-14(11)18/h5-7,12,16-18H,8-10H2,1-4H3. The zero-order valence-electron chi connectivity index (χ0n) is 12.2. The van der Waals surface area contributed by atoms with Crippen molar-refractivity contribution in [3.05, 3.63) is 23.8 Å². The highest BCUT2D eigenvalue weighted by Crippen LogP contribution is 2.24. The number of aliphatic hydroxyl groups excluding tert-OH is 1. The van der Waals surface area contributed by atoms with E-state index < -0.39 is 0 Å². The number of aliphatic hydroxyl groups is 1. The Kier molecular flexibility index (Phi) is 5.63. The second-order valence-electron chi connectivity index (χ2n) is 6.02. The van der Waals surface area contributed by atoms with E-state index in [2.05, 4.69) is 26.1 Å². The van der Waals surface area contributed by atoms with E-state index in [4.69, 9.17) is 4.74 Å². The van der Waals surface area contributed by atoms with E-state index in [0.717, 1.165) is 12.0 Å². The maximum Gasteiger partial charge on any atom is 0.120 e. The molecule has 0 radical (unpaired) electrons. The van der Waals surface area contributed by atoms with Gasteiger partial charge < -0.3 is 20.3 Å². The van der Waals surface area contributed by atoms with Crippen LogP contribution < -0.4 is 10.1 Å². The van der Waals surface area contributed by atoms with Crippen molar-refractivity contribution in [3.8, 4) is 11.5 Å². The summed E-state index contributed by atoms with van der Waals surface area (Å²) in [6.07, 6.45) is 0.869. The number of methoxy groups -OCH3 is 1. The van der Waals surface area contributed by atoms with Gasteiger partial charge in [0.1, 0.15) is 11.5 Å². The number of hydrogen-bond donors (Lipinski definition) is 3. The van der Waals surface area contributed by atoms with Crippen molar-refractivity contribution in [2.24, 2.45) is 5.41 Å². The summed E-state index contributed by atoms with van der Waals surface area (Å²) in [5.41, 5.74) is 0.920. The molecular formula is C15H25NO3. The number of aromatic hydroxyl groups is 1. The summed E-state index contributed by atoms with van der Waals surface area (Å²) < 4.78 is 5.14. The molecule has 0 aromatic heterocycles.